The van der Waals surface area contributed by atoms with Crippen LogP contribution in [0.3, 0.4) is 0 Å². The molecule has 34 heavy (non-hydrogen) atoms. The van der Waals surface area contributed by atoms with Gasteiger partial charge in [0.25, 0.3) is 5.91 Å². The minimum Gasteiger partial charge on any atom is -0.322 e. The fraction of sp³-hybridized carbons (Fsp3) is 0.167. The SMILES string of the molecule is CC(C)(C)NS(=O)(=O)c1cccc(NC(=O)c2cnn(-c3ccc(F)cc3)c2-n2cccc2)c1. The zero-order chi connectivity index (χ0) is 24.5. The van der Waals surface area contributed by atoms with Crippen molar-refractivity contribution in [2.45, 2.75) is 31.2 Å². The summed E-state index contributed by atoms with van der Waals surface area (Å²) in [5, 5.41) is 7.09. The molecule has 2 aromatic carbocycles. The van der Waals surface area contributed by atoms with Crippen LogP contribution in [0.1, 0.15) is 31.1 Å². The lowest BCUT2D eigenvalue weighted by Gasteiger charge is -2.20. The molecule has 0 unspecified atom stereocenters. The van der Waals surface area contributed by atoms with Crippen LogP contribution in [0.2, 0.25) is 0 Å². The molecule has 4 aromatic rings. The predicted octanol–water partition coefficient (Wildman–Crippen LogP) is 4.13. The molecule has 10 heteroatoms. The Hall–Kier alpha value is -3.76. The first kappa shape index (κ1) is 23.4. The van der Waals surface area contributed by atoms with Crippen molar-refractivity contribution >= 4 is 21.6 Å². The topological polar surface area (TPSA) is 98.0 Å². The summed E-state index contributed by atoms with van der Waals surface area (Å²) >= 11 is 0. The Labute approximate surface area is 197 Å². The minimum absolute atomic E-state index is 0.0351. The molecule has 0 atom stereocenters. The minimum atomic E-state index is -3.77. The van der Waals surface area contributed by atoms with Crippen molar-refractivity contribution in [3.63, 3.8) is 0 Å². The van der Waals surface area contributed by atoms with Gasteiger partial charge < -0.3 is 9.88 Å². The quantitative estimate of drug-likeness (QED) is 0.433. The summed E-state index contributed by atoms with van der Waals surface area (Å²) in [6.07, 6.45) is 4.94. The van der Waals surface area contributed by atoms with Gasteiger partial charge in [-0.1, -0.05) is 6.07 Å². The zero-order valence-corrected chi connectivity index (χ0v) is 19.7. The maximum atomic E-state index is 13.4. The van der Waals surface area contributed by atoms with E-state index in [-0.39, 0.29) is 16.3 Å². The lowest BCUT2D eigenvalue weighted by molar-refractivity contribution is 0.102. The second-order valence-electron chi connectivity index (χ2n) is 8.70. The van der Waals surface area contributed by atoms with Gasteiger partial charge in [-0.05, 0) is 75.4 Å². The number of hydrogen-bond donors (Lipinski definition) is 2. The molecule has 0 radical (unpaired) electrons. The summed E-state index contributed by atoms with van der Waals surface area (Å²) in [6, 6.07) is 15.4. The number of aromatic nitrogens is 3. The second kappa shape index (κ2) is 8.88. The normalized spacial score (nSPS) is 12.0. The van der Waals surface area contributed by atoms with Gasteiger partial charge in [-0.25, -0.2) is 22.2 Å². The number of carbonyl (C=O) groups excluding carboxylic acids is 1. The largest absolute Gasteiger partial charge is 0.322 e. The molecular weight excluding hydrogens is 457 g/mol. The molecule has 0 saturated heterocycles. The van der Waals surface area contributed by atoms with E-state index in [1.165, 1.54) is 35.1 Å². The number of nitrogens with one attached hydrogen (secondary N) is 2. The molecule has 0 aliphatic heterocycles. The average molecular weight is 482 g/mol. The summed E-state index contributed by atoms with van der Waals surface area (Å²) in [5.74, 6) is -0.408. The number of nitrogens with zero attached hydrogens (tertiary/aromatic N) is 3. The summed E-state index contributed by atoms with van der Waals surface area (Å²) < 4.78 is 44.6. The molecule has 0 aliphatic carbocycles. The van der Waals surface area contributed by atoms with Gasteiger partial charge in [0.1, 0.15) is 11.4 Å². The van der Waals surface area contributed by atoms with E-state index in [4.69, 9.17) is 0 Å². The number of benzene rings is 2. The Morgan fingerprint density at radius 2 is 1.68 bits per heavy atom. The van der Waals surface area contributed by atoms with E-state index in [1.807, 2.05) is 0 Å². The van der Waals surface area contributed by atoms with E-state index >= 15 is 0 Å². The van der Waals surface area contributed by atoms with Crippen molar-refractivity contribution in [1.82, 2.24) is 19.1 Å². The van der Waals surface area contributed by atoms with Crippen molar-refractivity contribution in [2.24, 2.45) is 0 Å². The van der Waals surface area contributed by atoms with Gasteiger partial charge in [0.05, 0.1) is 16.8 Å². The number of anilines is 1. The molecule has 2 aromatic heterocycles. The molecule has 8 nitrogen and oxygen atoms in total. The van der Waals surface area contributed by atoms with Crippen LogP contribution in [0, 0.1) is 5.82 Å². The van der Waals surface area contributed by atoms with Crippen LogP contribution in [-0.4, -0.2) is 34.2 Å². The molecule has 0 bridgehead atoms. The first-order valence-corrected chi connectivity index (χ1v) is 11.9. The molecule has 2 N–H and O–H groups in total. The van der Waals surface area contributed by atoms with E-state index in [9.17, 15) is 17.6 Å². The highest BCUT2D eigenvalue weighted by Crippen LogP contribution is 2.23. The highest BCUT2D eigenvalue weighted by atomic mass is 32.2. The first-order chi connectivity index (χ1) is 16.0. The van der Waals surface area contributed by atoms with Crippen molar-refractivity contribution in [3.8, 4) is 11.5 Å². The number of sulfonamides is 1. The zero-order valence-electron chi connectivity index (χ0n) is 18.9. The Morgan fingerprint density at radius 3 is 2.32 bits per heavy atom. The van der Waals surface area contributed by atoms with E-state index in [0.29, 0.717) is 17.2 Å². The third-order valence-electron chi connectivity index (χ3n) is 4.75. The molecule has 1 amide bonds. The second-order valence-corrected chi connectivity index (χ2v) is 10.4. The van der Waals surface area contributed by atoms with Crippen LogP contribution in [0.25, 0.3) is 11.5 Å². The predicted molar refractivity (Wildman–Crippen MR) is 127 cm³/mol. The van der Waals surface area contributed by atoms with Crippen LogP contribution in [0.15, 0.2) is 84.1 Å². The lowest BCUT2D eigenvalue weighted by atomic mass is 10.1. The monoisotopic (exact) mass is 481 g/mol. The van der Waals surface area contributed by atoms with Crippen molar-refractivity contribution in [3.05, 3.63) is 90.6 Å². The van der Waals surface area contributed by atoms with Gasteiger partial charge >= 0.3 is 0 Å². The Balaban J connectivity index is 1.68. The third kappa shape index (κ3) is 5.08. The summed E-state index contributed by atoms with van der Waals surface area (Å²) in [7, 11) is -3.77. The van der Waals surface area contributed by atoms with Crippen LogP contribution in [-0.2, 0) is 10.0 Å². The van der Waals surface area contributed by atoms with Gasteiger partial charge in [-0.3, -0.25) is 4.79 Å². The van der Waals surface area contributed by atoms with Crippen molar-refractivity contribution in [2.75, 3.05) is 5.32 Å². The highest BCUT2D eigenvalue weighted by Gasteiger charge is 2.23. The van der Waals surface area contributed by atoms with Gasteiger partial charge in [0, 0.05) is 23.6 Å². The fourth-order valence-corrected chi connectivity index (χ4v) is 4.86. The molecule has 2 heterocycles. The molecule has 0 saturated carbocycles. The van der Waals surface area contributed by atoms with Gasteiger partial charge in [-0.15, -0.1) is 0 Å². The van der Waals surface area contributed by atoms with E-state index in [0.717, 1.165) is 0 Å². The van der Waals surface area contributed by atoms with Crippen LogP contribution in [0.4, 0.5) is 10.1 Å². The number of amides is 1. The molecule has 0 spiro atoms. The number of rotatable bonds is 6. The number of halogens is 1. The standard InChI is InChI=1S/C24H24FN5O3S/c1-24(2,3)28-34(32,33)20-8-6-7-18(15-20)27-22(31)21-16-26-30(19-11-9-17(25)10-12-19)23(21)29-13-4-5-14-29/h4-16,28H,1-3H3,(H,27,31). The van der Waals surface area contributed by atoms with Gasteiger partial charge in [-0.2, -0.15) is 5.10 Å². The highest BCUT2D eigenvalue weighted by molar-refractivity contribution is 7.89. The summed E-state index contributed by atoms with van der Waals surface area (Å²) in [5.41, 5.74) is 0.487. The lowest BCUT2D eigenvalue weighted by Crippen LogP contribution is -2.40. The van der Waals surface area contributed by atoms with Crippen LogP contribution in [0.5, 0.6) is 0 Å². The van der Waals surface area contributed by atoms with E-state index in [2.05, 4.69) is 15.1 Å². The smallest absolute Gasteiger partial charge is 0.261 e. The summed E-state index contributed by atoms with van der Waals surface area (Å²) in [6.45, 7) is 5.24. The van der Waals surface area contributed by atoms with Gasteiger partial charge in [0.15, 0.2) is 5.82 Å². The van der Waals surface area contributed by atoms with E-state index in [1.54, 1.807) is 74.1 Å². The molecule has 0 aliphatic rings. The fourth-order valence-electron chi connectivity index (χ4n) is 3.40. The maximum Gasteiger partial charge on any atom is 0.261 e. The molecule has 4 rings (SSSR count). The Morgan fingerprint density at radius 1 is 1.00 bits per heavy atom. The molecular formula is C24H24FN5O3S. The summed E-state index contributed by atoms with van der Waals surface area (Å²) in [4.78, 5) is 13.3. The van der Waals surface area contributed by atoms with Crippen LogP contribution >= 0.6 is 0 Å². The maximum absolute atomic E-state index is 13.4. The third-order valence-corrected chi connectivity index (χ3v) is 6.51. The first-order valence-electron chi connectivity index (χ1n) is 10.5. The Kier molecular flexibility index (Phi) is 6.11. The number of hydrogen-bond acceptors (Lipinski definition) is 4. The van der Waals surface area contributed by atoms with Crippen LogP contribution < -0.4 is 10.0 Å². The van der Waals surface area contributed by atoms with E-state index < -0.39 is 21.5 Å². The van der Waals surface area contributed by atoms with Gasteiger partial charge in [0.2, 0.25) is 10.0 Å². The number of carbonyl (C=O) groups is 1. The van der Waals surface area contributed by atoms with Crippen molar-refractivity contribution in [1.29, 1.82) is 0 Å². The Bertz CT molecular complexity index is 1420. The molecule has 176 valence electrons. The molecule has 0 fully saturated rings. The van der Waals surface area contributed by atoms with Crippen molar-refractivity contribution < 1.29 is 17.6 Å². The average Bonchev–Trinajstić information content (AvgIpc) is 3.42.